The van der Waals surface area contributed by atoms with Crippen molar-refractivity contribution in [2.75, 3.05) is 0 Å². The van der Waals surface area contributed by atoms with Crippen LogP contribution in [-0.4, -0.2) is 82.9 Å². The van der Waals surface area contributed by atoms with Crippen LogP contribution in [0.1, 0.15) is 37.4 Å². The van der Waals surface area contributed by atoms with Crippen LogP contribution in [0.4, 0.5) is 0 Å². The van der Waals surface area contributed by atoms with Gasteiger partial charge in [-0.15, -0.1) is 0 Å². The molecule has 0 radical (unpaired) electrons. The molecule has 0 fully saturated rings. The number of aromatic nitrogens is 6. The number of aromatic amines is 3. The predicted molar refractivity (Wildman–Crippen MR) is 138 cm³/mol. The summed E-state index contributed by atoms with van der Waals surface area (Å²) < 4.78 is 0. The van der Waals surface area contributed by atoms with Crippen molar-refractivity contribution in [3.05, 3.63) is 54.7 Å². The van der Waals surface area contributed by atoms with Gasteiger partial charge in [0, 0.05) is 54.9 Å². The fraction of sp³-hybridized carbons (Fsp3) is 0.458. The number of nitrogens with zero attached hydrogens (tertiary/aromatic N) is 3. The number of amides is 3. The molecule has 0 aliphatic carbocycles. The van der Waals surface area contributed by atoms with E-state index in [0.717, 1.165) is 0 Å². The van der Waals surface area contributed by atoms with Gasteiger partial charge in [-0.1, -0.05) is 13.8 Å². The van der Waals surface area contributed by atoms with Crippen LogP contribution in [0.3, 0.4) is 0 Å². The highest BCUT2D eigenvalue weighted by atomic mass is 16.4. The first-order valence-electron chi connectivity index (χ1n) is 12.4. The fourth-order valence-corrected chi connectivity index (χ4v) is 3.89. The molecule has 3 aromatic rings. The Bertz CT molecular complexity index is 1190. The van der Waals surface area contributed by atoms with E-state index in [1.807, 2.05) is 13.8 Å². The lowest BCUT2D eigenvalue weighted by molar-refractivity contribution is -0.142. The highest BCUT2D eigenvalue weighted by Gasteiger charge is 2.31. The summed E-state index contributed by atoms with van der Waals surface area (Å²) in [5.74, 6) is -3.11. The summed E-state index contributed by atoms with van der Waals surface area (Å²) >= 11 is 0. The molecule has 0 saturated heterocycles. The summed E-state index contributed by atoms with van der Waals surface area (Å²) in [4.78, 5) is 71.5. The van der Waals surface area contributed by atoms with Crippen LogP contribution in [0.25, 0.3) is 0 Å². The third-order valence-corrected chi connectivity index (χ3v) is 5.88. The van der Waals surface area contributed by atoms with E-state index in [1.54, 1.807) is 6.20 Å². The second kappa shape index (κ2) is 13.9. The standard InChI is InChI=1S/C24H34N10O5/c1-13(2)3-18(22(36)34-20(24(38)39)6-16-9-28-12-31-16)33-23(37)19(5-15-8-27-11-30-15)32-21(35)17(25)4-14-7-26-10-29-14/h7-13,17-20H,3-6,25H2,1-2H3,(H,26,29)(H,27,30)(H,28,31)(H,32,35)(H,33,37)(H,34,36)(H,38,39). The second-order valence-corrected chi connectivity index (χ2v) is 9.60. The number of nitrogens with one attached hydrogen (secondary N) is 6. The average molecular weight is 543 g/mol. The molecule has 3 rings (SSSR count). The van der Waals surface area contributed by atoms with E-state index in [-0.39, 0.29) is 31.6 Å². The maximum atomic E-state index is 13.4. The van der Waals surface area contributed by atoms with Crippen molar-refractivity contribution in [1.82, 2.24) is 45.9 Å². The SMILES string of the molecule is CC(C)CC(NC(=O)C(Cc1cnc[nH]1)NC(=O)C(N)Cc1cnc[nH]1)C(=O)NC(Cc1cnc[nH]1)C(=O)O. The number of imidazole rings is 3. The molecule has 0 spiro atoms. The Kier molecular flexibility index (Phi) is 10.3. The quantitative estimate of drug-likeness (QED) is 0.115. The first kappa shape index (κ1) is 29.0. The van der Waals surface area contributed by atoms with Crippen molar-refractivity contribution in [2.45, 2.75) is 63.7 Å². The smallest absolute Gasteiger partial charge is 0.326 e. The first-order chi connectivity index (χ1) is 18.6. The second-order valence-electron chi connectivity index (χ2n) is 9.60. The van der Waals surface area contributed by atoms with Gasteiger partial charge in [0.25, 0.3) is 0 Å². The summed E-state index contributed by atoms with van der Waals surface area (Å²) in [6, 6.07) is -4.35. The number of aliphatic carboxylic acids is 1. The van der Waals surface area contributed by atoms with Crippen LogP contribution in [-0.2, 0) is 38.4 Å². The van der Waals surface area contributed by atoms with Gasteiger partial charge in [0.15, 0.2) is 0 Å². The maximum absolute atomic E-state index is 13.4. The molecule has 4 unspecified atom stereocenters. The van der Waals surface area contributed by atoms with Crippen LogP contribution in [0.2, 0.25) is 0 Å². The zero-order chi connectivity index (χ0) is 28.4. The third-order valence-electron chi connectivity index (χ3n) is 5.88. The Balaban J connectivity index is 1.72. The Hall–Kier alpha value is -4.53. The van der Waals surface area contributed by atoms with Gasteiger partial charge in [-0.3, -0.25) is 14.4 Å². The molecule has 3 heterocycles. The Morgan fingerprint density at radius 1 is 0.744 bits per heavy atom. The minimum absolute atomic E-state index is 0.0135. The topological polar surface area (TPSA) is 237 Å². The van der Waals surface area contributed by atoms with E-state index < -0.39 is 47.9 Å². The lowest BCUT2D eigenvalue weighted by atomic mass is 10.0. The van der Waals surface area contributed by atoms with Crippen molar-refractivity contribution in [3.8, 4) is 0 Å². The Labute approximate surface area is 224 Å². The summed E-state index contributed by atoms with van der Waals surface area (Å²) in [6.07, 6.45) is 9.30. The van der Waals surface area contributed by atoms with Crippen molar-refractivity contribution < 1.29 is 24.3 Å². The highest BCUT2D eigenvalue weighted by Crippen LogP contribution is 2.09. The number of hydrogen-bond donors (Lipinski definition) is 8. The zero-order valence-corrected chi connectivity index (χ0v) is 21.7. The molecule has 0 bridgehead atoms. The van der Waals surface area contributed by atoms with Crippen LogP contribution < -0.4 is 21.7 Å². The molecule has 4 atom stereocenters. The lowest BCUT2D eigenvalue weighted by Gasteiger charge is -2.26. The molecule has 9 N–H and O–H groups in total. The van der Waals surface area contributed by atoms with Gasteiger partial charge >= 0.3 is 5.97 Å². The minimum atomic E-state index is -1.24. The molecule has 210 valence electrons. The summed E-state index contributed by atoms with van der Waals surface area (Å²) in [6.45, 7) is 3.73. The highest BCUT2D eigenvalue weighted by molar-refractivity contribution is 5.94. The molecule has 3 aromatic heterocycles. The number of H-pyrrole nitrogens is 3. The lowest BCUT2D eigenvalue weighted by Crippen LogP contribution is -2.58. The van der Waals surface area contributed by atoms with E-state index in [9.17, 15) is 24.3 Å². The van der Waals surface area contributed by atoms with Crippen LogP contribution in [0.5, 0.6) is 0 Å². The molecular weight excluding hydrogens is 508 g/mol. The van der Waals surface area contributed by atoms with Gasteiger partial charge in [-0.2, -0.15) is 0 Å². The molecule has 15 heteroatoms. The van der Waals surface area contributed by atoms with Crippen molar-refractivity contribution >= 4 is 23.7 Å². The Morgan fingerprint density at radius 2 is 1.18 bits per heavy atom. The number of hydrogen-bond acceptors (Lipinski definition) is 8. The van der Waals surface area contributed by atoms with Gasteiger partial charge in [0.1, 0.15) is 18.1 Å². The zero-order valence-electron chi connectivity index (χ0n) is 21.7. The number of nitrogens with two attached hydrogens (primary N) is 1. The monoisotopic (exact) mass is 542 g/mol. The van der Waals surface area contributed by atoms with Gasteiger partial charge in [-0.05, 0) is 12.3 Å². The average Bonchev–Trinajstić information content (AvgIpc) is 3.66. The van der Waals surface area contributed by atoms with Crippen LogP contribution in [0, 0.1) is 5.92 Å². The van der Waals surface area contributed by atoms with E-state index >= 15 is 0 Å². The van der Waals surface area contributed by atoms with E-state index in [1.165, 1.54) is 31.4 Å². The van der Waals surface area contributed by atoms with Crippen molar-refractivity contribution in [2.24, 2.45) is 11.7 Å². The number of carboxylic acids is 1. The minimum Gasteiger partial charge on any atom is -0.480 e. The molecule has 0 aliphatic rings. The van der Waals surface area contributed by atoms with Gasteiger partial charge < -0.3 is 41.7 Å². The third kappa shape index (κ3) is 9.07. The molecule has 0 aromatic carbocycles. The number of carbonyl (C=O) groups excluding carboxylic acids is 3. The normalized spacial score (nSPS) is 14.3. The van der Waals surface area contributed by atoms with Crippen molar-refractivity contribution in [1.29, 1.82) is 0 Å². The summed E-state index contributed by atoms with van der Waals surface area (Å²) in [7, 11) is 0. The van der Waals surface area contributed by atoms with E-state index in [0.29, 0.717) is 17.1 Å². The number of carbonyl (C=O) groups is 4. The van der Waals surface area contributed by atoms with E-state index in [4.69, 9.17) is 5.73 Å². The number of rotatable bonds is 15. The molecule has 15 nitrogen and oxygen atoms in total. The molecular formula is C24H34N10O5. The van der Waals surface area contributed by atoms with Gasteiger partial charge in [0.05, 0.1) is 25.0 Å². The fourth-order valence-electron chi connectivity index (χ4n) is 3.89. The van der Waals surface area contributed by atoms with Gasteiger partial charge in [-0.25, -0.2) is 19.7 Å². The summed E-state index contributed by atoms with van der Waals surface area (Å²) in [5, 5.41) is 17.5. The number of carboxylic acid groups (broad SMARTS) is 1. The molecule has 39 heavy (non-hydrogen) atoms. The maximum Gasteiger partial charge on any atom is 0.326 e. The largest absolute Gasteiger partial charge is 0.480 e. The van der Waals surface area contributed by atoms with Crippen LogP contribution in [0.15, 0.2) is 37.6 Å². The summed E-state index contributed by atoms with van der Waals surface area (Å²) in [5.41, 5.74) is 7.81. The molecule has 3 amide bonds. The Morgan fingerprint density at radius 3 is 1.64 bits per heavy atom. The van der Waals surface area contributed by atoms with Gasteiger partial charge in [0.2, 0.25) is 17.7 Å². The van der Waals surface area contributed by atoms with Crippen LogP contribution >= 0.6 is 0 Å². The first-order valence-corrected chi connectivity index (χ1v) is 12.4. The molecule has 0 aliphatic heterocycles. The molecule has 0 saturated carbocycles. The van der Waals surface area contributed by atoms with Crippen molar-refractivity contribution in [3.63, 3.8) is 0 Å². The predicted octanol–water partition coefficient (Wildman–Crippen LogP) is -1.20. The van der Waals surface area contributed by atoms with E-state index in [2.05, 4.69) is 45.9 Å².